The van der Waals surface area contributed by atoms with Gasteiger partial charge in [0.2, 0.25) is 5.91 Å². The van der Waals surface area contributed by atoms with Gasteiger partial charge < -0.3 is 10.2 Å². The minimum absolute atomic E-state index is 0.0701. The number of nitrogens with zero attached hydrogens (tertiary/aromatic N) is 3. The minimum Gasteiger partial charge on any atom is -0.325 e. The molecule has 1 amide bonds. The fourth-order valence-corrected chi connectivity index (χ4v) is 5.19. The number of nitrogens with one attached hydrogen (secondary N) is 1. The van der Waals surface area contributed by atoms with Crippen molar-refractivity contribution < 1.29 is 34.7 Å². The van der Waals surface area contributed by atoms with Crippen LogP contribution >= 0.6 is 0 Å². The molecule has 2 aromatic heterocycles. The molecule has 1 fully saturated rings. The highest BCUT2D eigenvalue weighted by atomic mass is 32.2. The highest BCUT2D eigenvalue weighted by Gasteiger charge is 2.57. The summed E-state index contributed by atoms with van der Waals surface area (Å²) in [6.45, 7) is -2.93. The lowest BCUT2D eigenvalue weighted by Gasteiger charge is -2.43. The van der Waals surface area contributed by atoms with Crippen LogP contribution in [0.15, 0.2) is 42.6 Å². The van der Waals surface area contributed by atoms with E-state index in [0.29, 0.717) is 15.8 Å². The highest BCUT2D eigenvalue weighted by molar-refractivity contribution is 7.85. The third-order valence-electron chi connectivity index (χ3n) is 6.33. The number of rotatable bonds is 5. The van der Waals surface area contributed by atoms with E-state index in [2.05, 4.69) is 15.3 Å². The van der Waals surface area contributed by atoms with Gasteiger partial charge in [0.1, 0.15) is 11.6 Å². The standard InChI is InChI=1S/C23H21F3N4O4S/c1-30-17-11-27-19(8-16(17)22(21(30)31)9-13(10-22)12-34-35(2,32)33)28-18-7-6-14-4-3-5-15(20(14)29-18)23(24,25)26/h3-8,11,13H,9-10,12H2,1-2H3,(H,27,28,29)/i1D3. The number of amides is 1. The number of likely N-dealkylation sites (N-methyl/N-ethyl adjacent to an activating group) is 1. The summed E-state index contributed by atoms with van der Waals surface area (Å²) in [4.78, 5) is 22.4. The van der Waals surface area contributed by atoms with Crippen LogP contribution in [0.4, 0.5) is 30.5 Å². The minimum atomic E-state index is -4.61. The molecule has 3 heterocycles. The Morgan fingerprint density at radius 2 is 2.03 bits per heavy atom. The van der Waals surface area contributed by atoms with Gasteiger partial charge in [0, 0.05) is 16.5 Å². The molecule has 1 N–H and O–H groups in total. The fraction of sp³-hybridized carbons (Fsp3) is 0.348. The van der Waals surface area contributed by atoms with Crippen molar-refractivity contribution in [2.24, 2.45) is 5.92 Å². The molecule has 1 aliphatic heterocycles. The van der Waals surface area contributed by atoms with Gasteiger partial charge in [-0.15, -0.1) is 0 Å². The molecule has 5 rings (SSSR count). The Kier molecular flexibility index (Phi) is 4.50. The number of pyridine rings is 2. The number of carbonyl (C=O) groups excluding carboxylic acids is 1. The van der Waals surface area contributed by atoms with E-state index in [-0.39, 0.29) is 48.2 Å². The molecule has 3 aromatic rings. The number of hydrogen-bond acceptors (Lipinski definition) is 7. The van der Waals surface area contributed by atoms with E-state index in [1.165, 1.54) is 36.5 Å². The lowest BCUT2D eigenvalue weighted by molar-refractivity contribution is -0.136. The number of alkyl halides is 3. The lowest BCUT2D eigenvalue weighted by atomic mass is 9.59. The molecule has 1 spiro atoms. The van der Waals surface area contributed by atoms with Crippen LogP contribution in [-0.2, 0) is 30.7 Å². The SMILES string of the molecule is [2H]C([2H])([2H])N1C(=O)C2(CC(COS(C)(=O)=O)C2)c2cc(Nc3ccc4cccc(C(F)(F)F)c4n3)ncc21. The molecular weight excluding hydrogens is 485 g/mol. The van der Waals surface area contributed by atoms with Gasteiger partial charge in [-0.3, -0.25) is 8.98 Å². The van der Waals surface area contributed by atoms with Crippen molar-refractivity contribution in [2.45, 2.75) is 24.4 Å². The number of anilines is 3. The number of halogens is 3. The molecule has 1 aliphatic carbocycles. The van der Waals surface area contributed by atoms with Crippen LogP contribution in [0.3, 0.4) is 0 Å². The van der Waals surface area contributed by atoms with Crippen molar-refractivity contribution in [3.8, 4) is 0 Å². The Hall–Kier alpha value is -3.25. The van der Waals surface area contributed by atoms with E-state index in [9.17, 15) is 26.4 Å². The van der Waals surface area contributed by atoms with Crippen molar-refractivity contribution in [3.63, 3.8) is 0 Å². The van der Waals surface area contributed by atoms with Gasteiger partial charge in [-0.2, -0.15) is 21.6 Å². The van der Waals surface area contributed by atoms with Gasteiger partial charge in [0.15, 0.2) is 0 Å². The number of fused-ring (bicyclic) bond motifs is 3. The van der Waals surface area contributed by atoms with Gasteiger partial charge in [0.05, 0.1) is 41.2 Å². The average molecular weight is 510 g/mol. The number of aromatic nitrogens is 2. The lowest BCUT2D eigenvalue weighted by Crippen LogP contribution is -2.50. The van der Waals surface area contributed by atoms with Crippen LogP contribution in [-0.4, -0.2) is 44.1 Å². The molecule has 12 heteroatoms. The molecule has 8 nitrogen and oxygen atoms in total. The van der Waals surface area contributed by atoms with Gasteiger partial charge >= 0.3 is 6.18 Å². The maximum Gasteiger partial charge on any atom is 0.418 e. The fourth-order valence-electron chi connectivity index (χ4n) is 4.75. The number of carbonyl (C=O) groups is 1. The smallest absolute Gasteiger partial charge is 0.325 e. The normalized spacial score (nSPS) is 23.5. The first-order valence-corrected chi connectivity index (χ1v) is 12.3. The molecule has 0 radical (unpaired) electrons. The van der Waals surface area contributed by atoms with Crippen molar-refractivity contribution in [3.05, 3.63) is 53.7 Å². The largest absolute Gasteiger partial charge is 0.418 e. The van der Waals surface area contributed by atoms with E-state index in [1.807, 2.05) is 0 Å². The predicted octanol–water partition coefficient (Wildman–Crippen LogP) is 3.99. The maximum atomic E-state index is 13.5. The van der Waals surface area contributed by atoms with Gasteiger partial charge in [-0.1, -0.05) is 12.1 Å². The molecule has 0 unspecified atom stereocenters. The summed E-state index contributed by atoms with van der Waals surface area (Å²) < 4.78 is 91.5. The number of benzene rings is 1. The summed E-state index contributed by atoms with van der Waals surface area (Å²) in [7, 11) is -3.69. The Labute approximate surface area is 203 Å². The molecular formula is C23H21F3N4O4S. The van der Waals surface area contributed by atoms with E-state index >= 15 is 0 Å². The molecule has 1 aromatic carbocycles. The quantitative estimate of drug-likeness (QED) is 0.519. The van der Waals surface area contributed by atoms with Crippen molar-refractivity contribution in [1.29, 1.82) is 0 Å². The second kappa shape index (κ2) is 7.89. The number of hydrogen-bond donors (Lipinski definition) is 1. The zero-order chi connectivity index (χ0) is 27.7. The summed E-state index contributed by atoms with van der Waals surface area (Å²) >= 11 is 0. The molecule has 0 bridgehead atoms. The Morgan fingerprint density at radius 3 is 2.71 bits per heavy atom. The highest BCUT2D eigenvalue weighted by Crippen LogP contribution is 2.56. The summed E-state index contributed by atoms with van der Waals surface area (Å²) in [5, 5.41) is 3.14. The Bertz CT molecular complexity index is 1560. The third-order valence-corrected chi connectivity index (χ3v) is 6.89. The van der Waals surface area contributed by atoms with Crippen LogP contribution in [0.1, 0.15) is 28.1 Å². The average Bonchev–Trinajstić information content (AvgIpc) is 3.03. The van der Waals surface area contributed by atoms with E-state index in [0.717, 1.165) is 12.3 Å². The third kappa shape index (κ3) is 4.10. The monoisotopic (exact) mass is 509 g/mol. The second-order valence-electron chi connectivity index (χ2n) is 8.77. The first kappa shape index (κ1) is 20.0. The summed E-state index contributed by atoms with van der Waals surface area (Å²) in [5.41, 5.74) is -1.89. The molecule has 1 saturated carbocycles. The topological polar surface area (TPSA) is 101 Å². The first-order valence-electron chi connectivity index (χ1n) is 12.0. The zero-order valence-corrected chi connectivity index (χ0v) is 19.1. The van der Waals surface area contributed by atoms with Crippen LogP contribution in [0, 0.1) is 5.92 Å². The first-order chi connectivity index (χ1) is 17.6. The van der Waals surface area contributed by atoms with Gasteiger partial charge in [0.25, 0.3) is 10.1 Å². The second-order valence-corrected chi connectivity index (χ2v) is 10.4. The van der Waals surface area contributed by atoms with E-state index < -0.39 is 40.2 Å². The van der Waals surface area contributed by atoms with E-state index in [4.69, 9.17) is 8.30 Å². The Balaban J connectivity index is 1.49. The number of para-hydroxylation sites is 1. The Morgan fingerprint density at radius 1 is 1.26 bits per heavy atom. The molecule has 0 saturated heterocycles. The van der Waals surface area contributed by atoms with Crippen molar-refractivity contribution in [1.82, 2.24) is 9.97 Å². The maximum absolute atomic E-state index is 13.5. The molecule has 0 atom stereocenters. The van der Waals surface area contributed by atoms with Crippen molar-refractivity contribution >= 4 is 44.3 Å². The van der Waals surface area contributed by atoms with Gasteiger partial charge in [-0.25, -0.2) is 9.97 Å². The van der Waals surface area contributed by atoms with Gasteiger partial charge in [-0.05, 0) is 48.6 Å². The van der Waals surface area contributed by atoms with Crippen LogP contribution < -0.4 is 10.2 Å². The molecule has 184 valence electrons. The zero-order valence-electron chi connectivity index (χ0n) is 21.3. The summed E-state index contributed by atoms with van der Waals surface area (Å²) in [6, 6.07) is 8.18. The van der Waals surface area contributed by atoms with Crippen LogP contribution in [0.5, 0.6) is 0 Å². The van der Waals surface area contributed by atoms with E-state index in [1.54, 1.807) is 0 Å². The van der Waals surface area contributed by atoms with Crippen molar-refractivity contribution in [2.75, 3.05) is 30.1 Å². The molecule has 35 heavy (non-hydrogen) atoms. The molecule has 2 aliphatic rings. The van der Waals surface area contributed by atoms with Crippen LogP contribution in [0.25, 0.3) is 10.9 Å². The predicted molar refractivity (Wildman–Crippen MR) is 123 cm³/mol. The van der Waals surface area contributed by atoms with Crippen LogP contribution in [0.2, 0.25) is 0 Å². The summed E-state index contributed by atoms with van der Waals surface area (Å²) in [6.07, 6.45) is -2.15. The summed E-state index contributed by atoms with van der Waals surface area (Å²) in [5.74, 6) is -0.734.